The van der Waals surface area contributed by atoms with Crippen molar-refractivity contribution in [1.29, 1.82) is 0 Å². The predicted molar refractivity (Wildman–Crippen MR) is 116 cm³/mol. The molecule has 0 aliphatic rings. The van der Waals surface area contributed by atoms with Crippen molar-refractivity contribution in [3.05, 3.63) is 18.2 Å². The molecule has 3 amide bonds. The summed E-state index contributed by atoms with van der Waals surface area (Å²) in [6, 6.07) is -5.36. The normalized spacial score (nSPS) is 14.4. The predicted octanol–water partition coefficient (Wildman–Crippen LogP) is -2.96. The van der Waals surface area contributed by atoms with Crippen LogP contribution in [0.3, 0.4) is 0 Å². The summed E-state index contributed by atoms with van der Waals surface area (Å²) in [6.45, 7) is -0.861. The van der Waals surface area contributed by atoms with Gasteiger partial charge in [-0.3, -0.25) is 19.2 Å². The first kappa shape index (κ1) is 27.9. The van der Waals surface area contributed by atoms with Crippen LogP contribution in [-0.4, -0.2) is 97.7 Å². The molecule has 33 heavy (non-hydrogen) atoms. The molecule has 4 atom stereocenters. The van der Waals surface area contributed by atoms with E-state index >= 15 is 0 Å². The van der Waals surface area contributed by atoms with Crippen molar-refractivity contribution >= 4 is 41.4 Å². The number of H-pyrrole nitrogens is 1. The Balaban J connectivity index is 3.00. The molecule has 1 rings (SSSR count). The zero-order valence-corrected chi connectivity index (χ0v) is 18.6. The number of amides is 3. The number of aliphatic hydroxyl groups excluding tert-OH is 1. The molecule has 0 aliphatic carbocycles. The monoisotopic (exact) mass is 488 g/mol. The molecular formula is C18H28N6O8S. The molecule has 1 aromatic rings. The maximum absolute atomic E-state index is 12.9. The van der Waals surface area contributed by atoms with Crippen molar-refractivity contribution in [2.24, 2.45) is 5.73 Å². The third kappa shape index (κ3) is 9.88. The lowest BCUT2D eigenvalue weighted by molar-refractivity contribution is -0.143. The molecule has 14 nitrogen and oxygen atoms in total. The molecule has 0 saturated heterocycles. The van der Waals surface area contributed by atoms with Gasteiger partial charge in [-0.1, -0.05) is 0 Å². The number of nitrogens with one attached hydrogen (secondary N) is 4. The van der Waals surface area contributed by atoms with E-state index in [-0.39, 0.29) is 12.8 Å². The molecule has 0 aliphatic heterocycles. The first-order valence-electron chi connectivity index (χ1n) is 9.77. The minimum atomic E-state index is -1.58. The number of aromatic nitrogens is 2. The fourth-order valence-corrected chi connectivity index (χ4v) is 3.09. The van der Waals surface area contributed by atoms with Gasteiger partial charge in [0.25, 0.3) is 0 Å². The highest BCUT2D eigenvalue weighted by Crippen LogP contribution is 2.05. The Hall–Kier alpha value is -3.17. The number of rotatable bonds is 15. The number of carboxylic acid groups (broad SMARTS) is 2. The van der Waals surface area contributed by atoms with Crippen LogP contribution in [-0.2, 0) is 30.4 Å². The second kappa shape index (κ2) is 14.1. The van der Waals surface area contributed by atoms with Crippen LogP contribution in [0.5, 0.6) is 0 Å². The van der Waals surface area contributed by atoms with Gasteiger partial charge in [-0.25, -0.2) is 9.78 Å². The number of aliphatic hydroxyl groups is 1. The molecule has 1 aromatic heterocycles. The highest BCUT2D eigenvalue weighted by atomic mass is 32.2. The number of aromatic amines is 1. The Bertz CT molecular complexity index is 821. The zero-order valence-electron chi connectivity index (χ0n) is 17.8. The maximum Gasteiger partial charge on any atom is 0.328 e. The molecule has 0 spiro atoms. The fourth-order valence-electron chi connectivity index (χ4n) is 2.62. The van der Waals surface area contributed by atoms with Crippen LogP contribution in [0.1, 0.15) is 18.5 Å². The van der Waals surface area contributed by atoms with Gasteiger partial charge in [0.15, 0.2) is 0 Å². The van der Waals surface area contributed by atoms with Crippen LogP contribution < -0.4 is 21.7 Å². The molecule has 0 radical (unpaired) electrons. The molecule has 0 saturated carbocycles. The van der Waals surface area contributed by atoms with Gasteiger partial charge in [0.1, 0.15) is 18.1 Å². The summed E-state index contributed by atoms with van der Waals surface area (Å²) in [5.74, 6) is -4.77. The Morgan fingerprint density at radius 1 is 1.06 bits per heavy atom. The highest BCUT2D eigenvalue weighted by molar-refractivity contribution is 7.98. The summed E-state index contributed by atoms with van der Waals surface area (Å²) in [5.41, 5.74) is 6.01. The second-order valence-corrected chi connectivity index (χ2v) is 7.96. The summed E-state index contributed by atoms with van der Waals surface area (Å²) in [5, 5.41) is 34.0. The van der Waals surface area contributed by atoms with Crippen LogP contribution in [0.4, 0.5) is 0 Å². The number of aliphatic carboxylic acids is 2. The lowest BCUT2D eigenvalue weighted by atomic mass is 10.1. The number of hydrogen-bond donors (Lipinski definition) is 8. The Morgan fingerprint density at radius 3 is 2.18 bits per heavy atom. The number of hydrogen-bond acceptors (Lipinski definition) is 9. The maximum atomic E-state index is 12.9. The molecule has 0 fully saturated rings. The van der Waals surface area contributed by atoms with Gasteiger partial charge in [0, 0.05) is 18.3 Å². The summed E-state index contributed by atoms with van der Waals surface area (Å²) >= 11 is 1.39. The van der Waals surface area contributed by atoms with Gasteiger partial charge in [-0.2, -0.15) is 11.8 Å². The van der Waals surface area contributed by atoms with Crippen LogP contribution in [0, 0.1) is 0 Å². The van der Waals surface area contributed by atoms with Crippen LogP contribution in [0.25, 0.3) is 0 Å². The lowest BCUT2D eigenvalue weighted by Crippen LogP contribution is -2.58. The largest absolute Gasteiger partial charge is 0.481 e. The average Bonchev–Trinajstić information content (AvgIpc) is 3.26. The van der Waals surface area contributed by atoms with Crippen LogP contribution >= 0.6 is 11.8 Å². The molecule has 0 bridgehead atoms. The van der Waals surface area contributed by atoms with Gasteiger partial charge in [0.05, 0.1) is 25.4 Å². The standard InChI is InChI=1S/C18H28N6O8S/c1-33-3-2-11(22-15(28)10(19)5-14(26)27)16(29)23-12(4-9-6-20-8-21-9)17(30)24-13(7-25)18(31)32/h6,8,10-13,25H,2-5,7,19H2,1H3,(H,20,21)(H,22,28)(H,23,29)(H,24,30)(H,26,27)(H,31,32). The van der Waals surface area contributed by atoms with Gasteiger partial charge in [-0.15, -0.1) is 0 Å². The van der Waals surface area contributed by atoms with Gasteiger partial charge < -0.3 is 42.0 Å². The first-order valence-corrected chi connectivity index (χ1v) is 11.2. The quantitative estimate of drug-likeness (QED) is 0.124. The van der Waals surface area contributed by atoms with E-state index in [1.54, 1.807) is 6.26 Å². The Labute approximate surface area is 193 Å². The smallest absolute Gasteiger partial charge is 0.328 e. The van der Waals surface area contributed by atoms with Crippen molar-refractivity contribution < 1.29 is 39.3 Å². The highest BCUT2D eigenvalue weighted by Gasteiger charge is 2.30. The number of nitrogens with zero attached hydrogens (tertiary/aromatic N) is 1. The van der Waals surface area contributed by atoms with Crippen molar-refractivity contribution in [1.82, 2.24) is 25.9 Å². The second-order valence-electron chi connectivity index (χ2n) is 6.97. The van der Waals surface area contributed by atoms with Crippen LogP contribution in [0.2, 0.25) is 0 Å². The van der Waals surface area contributed by atoms with E-state index < -0.39 is 66.9 Å². The minimum absolute atomic E-state index is 0.0862. The number of imidazole rings is 1. The molecule has 9 N–H and O–H groups in total. The van der Waals surface area contributed by atoms with Gasteiger partial charge in [-0.05, 0) is 18.4 Å². The third-order valence-electron chi connectivity index (χ3n) is 4.38. The van der Waals surface area contributed by atoms with E-state index in [0.717, 1.165) is 0 Å². The molecule has 4 unspecified atom stereocenters. The fraction of sp³-hybridized carbons (Fsp3) is 0.556. The number of thioether (sulfide) groups is 1. The van der Waals surface area contributed by atoms with Crippen molar-refractivity contribution in [2.75, 3.05) is 18.6 Å². The summed E-state index contributed by atoms with van der Waals surface area (Å²) in [6.07, 6.45) is 3.98. The molecule has 15 heteroatoms. The SMILES string of the molecule is CSCCC(NC(=O)C(N)CC(=O)O)C(=O)NC(Cc1cnc[nH]1)C(=O)NC(CO)C(=O)O. The van der Waals surface area contributed by atoms with Gasteiger partial charge in [0.2, 0.25) is 17.7 Å². The summed E-state index contributed by atoms with van der Waals surface area (Å²) in [4.78, 5) is 66.3. The van der Waals surface area contributed by atoms with Crippen molar-refractivity contribution in [3.63, 3.8) is 0 Å². The van der Waals surface area contributed by atoms with Gasteiger partial charge >= 0.3 is 11.9 Å². The molecule has 184 valence electrons. The Kier molecular flexibility index (Phi) is 11.9. The van der Waals surface area contributed by atoms with E-state index in [4.69, 9.17) is 21.1 Å². The average molecular weight is 489 g/mol. The van der Waals surface area contributed by atoms with Crippen molar-refractivity contribution in [3.8, 4) is 0 Å². The minimum Gasteiger partial charge on any atom is -0.481 e. The summed E-state index contributed by atoms with van der Waals surface area (Å²) in [7, 11) is 0. The van der Waals surface area contributed by atoms with Crippen molar-refractivity contribution in [2.45, 2.75) is 43.4 Å². The first-order chi connectivity index (χ1) is 15.6. The number of nitrogens with two attached hydrogens (primary N) is 1. The molecule has 1 heterocycles. The van der Waals surface area contributed by atoms with E-state index in [0.29, 0.717) is 11.4 Å². The topological polar surface area (TPSA) is 237 Å². The van der Waals surface area contributed by atoms with Crippen LogP contribution in [0.15, 0.2) is 12.5 Å². The zero-order chi connectivity index (χ0) is 25.0. The van der Waals surface area contributed by atoms with E-state index in [2.05, 4.69) is 25.9 Å². The number of carbonyl (C=O) groups is 5. The Morgan fingerprint density at radius 2 is 1.67 bits per heavy atom. The lowest BCUT2D eigenvalue weighted by Gasteiger charge is -2.24. The summed E-state index contributed by atoms with van der Waals surface area (Å²) < 4.78 is 0. The molecular weight excluding hydrogens is 460 g/mol. The third-order valence-corrected chi connectivity index (χ3v) is 5.03. The molecule has 0 aromatic carbocycles. The van der Waals surface area contributed by atoms with E-state index in [1.807, 2.05) is 0 Å². The van der Waals surface area contributed by atoms with E-state index in [1.165, 1.54) is 24.3 Å². The van der Waals surface area contributed by atoms with E-state index in [9.17, 15) is 24.0 Å². The number of carbonyl (C=O) groups excluding carboxylic acids is 3. The number of carboxylic acids is 2.